The summed E-state index contributed by atoms with van der Waals surface area (Å²) < 4.78 is 0. The van der Waals surface area contributed by atoms with Gasteiger partial charge >= 0.3 is 0 Å². The molecule has 0 aliphatic heterocycles. The Labute approximate surface area is 98.9 Å². The lowest BCUT2D eigenvalue weighted by Gasteiger charge is -2.28. The Hall–Kier alpha value is -1.09. The molecule has 1 aromatic rings. The summed E-state index contributed by atoms with van der Waals surface area (Å²) in [5, 5.41) is 3.19. The first-order valence-electron chi connectivity index (χ1n) is 5.93. The summed E-state index contributed by atoms with van der Waals surface area (Å²) in [7, 11) is 4.12. The van der Waals surface area contributed by atoms with Crippen molar-refractivity contribution in [3.63, 3.8) is 0 Å². The second-order valence-corrected chi connectivity index (χ2v) is 4.35. The number of nitrogens with one attached hydrogen (secondary N) is 1. The maximum Gasteiger partial charge on any atom is 0.0445 e. The number of hydrogen-bond donors (Lipinski definition) is 1. The second-order valence-electron chi connectivity index (χ2n) is 4.35. The van der Waals surface area contributed by atoms with Crippen molar-refractivity contribution in [2.75, 3.05) is 19.0 Å². The van der Waals surface area contributed by atoms with Crippen LogP contribution in [0.15, 0.2) is 12.3 Å². The van der Waals surface area contributed by atoms with Crippen molar-refractivity contribution >= 4 is 5.69 Å². The molecule has 0 saturated carbocycles. The Bertz CT molecular complexity index is 336. The molecule has 0 spiro atoms. The molecule has 1 N–H and O–H groups in total. The highest BCUT2D eigenvalue weighted by molar-refractivity contribution is 5.53. The van der Waals surface area contributed by atoms with Crippen LogP contribution in [0.25, 0.3) is 0 Å². The quantitative estimate of drug-likeness (QED) is 0.827. The Morgan fingerprint density at radius 3 is 2.75 bits per heavy atom. The van der Waals surface area contributed by atoms with E-state index in [1.54, 1.807) is 0 Å². The van der Waals surface area contributed by atoms with Crippen molar-refractivity contribution in [3.8, 4) is 0 Å². The number of rotatable bonds is 5. The number of nitrogens with zero attached hydrogens (tertiary/aromatic N) is 2. The highest BCUT2D eigenvalue weighted by atomic mass is 15.1. The minimum atomic E-state index is 0.553. The standard InChI is InChI=1S/C13H23N3/c1-6-11(3)16(5)13-7-10(2)15-9-12(13)8-14-4/h7,9,11,14H,6,8H2,1-5H3. The van der Waals surface area contributed by atoms with Gasteiger partial charge in [0.1, 0.15) is 0 Å². The maximum absolute atomic E-state index is 4.36. The zero-order valence-electron chi connectivity index (χ0n) is 11.0. The van der Waals surface area contributed by atoms with E-state index in [0.717, 1.165) is 18.7 Å². The van der Waals surface area contributed by atoms with Gasteiger partial charge in [-0.2, -0.15) is 0 Å². The van der Waals surface area contributed by atoms with Crippen LogP contribution in [-0.2, 0) is 6.54 Å². The Morgan fingerprint density at radius 2 is 2.19 bits per heavy atom. The number of aromatic nitrogens is 1. The third kappa shape index (κ3) is 2.95. The van der Waals surface area contributed by atoms with Crippen LogP contribution in [0.3, 0.4) is 0 Å². The molecule has 3 nitrogen and oxygen atoms in total. The largest absolute Gasteiger partial charge is 0.372 e. The van der Waals surface area contributed by atoms with Gasteiger partial charge in [-0.1, -0.05) is 6.92 Å². The third-order valence-electron chi connectivity index (χ3n) is 3.10. The summed E-state index contributed by atoms with van der Waals surface area (Å²) in [4.78, 5) is 6.69. The van der Waals surface area contributed by atoms with Crippen LogP contribution in [0.1, 0.15) is 31.5 Å². The molecule has 0 aliphatic carbocycles. The van der Waals surface area contributed by atoms with E-state index in [2.05, 4.69) is 42.2 Å². The van der Waals surface area contributed by atoms with E-state index in [4.69, 9.17) is 0 Å². The summed E-state index contributed by atoms with van der Waals surface area (Å²) in [6, 6.07) is 2.72. The molecule has 0 saturated heterocycles. The topological polar surface area (TPSA) is 28.2 Å². The Balaban J connectivity index is 3.03. The van der Waals surface area contributed by atoms with Crippen molar-refractivity contribution in [1.29, 1.82) is 0 Å². The van der Waals surface area contributed by atoms with E-state index >= 15 is 0 Å². The van der Waals surface area contributed by atoms with Gasteiger partial charge < -0.3 is 10.2 Å². The van der Waals surface area contributed by atoms with Crippen molar-refractivity contribution in [1.82, 2.24) is 10.3 Å². The first-order chi connectivity index (χ1) is 7.60. The summed E-state index contributed by atoms with van der Waals surface area (Å²) in [5.41, 5.74) is 3.62. The summed E-state index contributed by atoms with van der Waals surface area (Å²) in [5.74, 6) is 0. The first-order valence-corrected chi connectivity index (χ1v) is 5.93. The van der Waals surface area contributed by atoms with Gasteiger partial charge in [-0.25, -0.2) is 0 Å². The lowest BCUT2D eigenvalue weighted by molar-refractivity contribution is 0.657. The molecule has 1 heterocycles. The zero-order chi connectivity index (χ0) is 12.1. The molecule has 0 fully saturated rings. The molecule has 3 heteroatoms. The SMILES string of the molecule is CCC(C)N(C)c1cc(C)ncc1CNC. The molecule has 1 aromatic heterocycles. The highest BCUT2D eigenvalue weighted by Gasteiger charge is 2.12. The monoisotopic (exact) mass is 221 g/mol. The van der Waals surface area contributed by atoms with Crippen molar-refractivity contribution in [2.45, 2.75) is 39.8 Å². The lowest BCUT2D eigenvalue weighted by Crippen LogP contribution is -2.29. The Morgan fingerprint density at radius 1 is 1.50 bits per heavy atom. The van der Waals surface area contributed by atoms with E-state index in [1.165, 1.54) is 11.3 Å². The molecule has 1 rings (SSSR count). The van der Waals surface area contributed by atoms with Crippen molar-refractivity contribution in [3.05, 3.63) is 23.5 Å². The number of pyridine rings is 1. The van der Waals surface area contributed by atoms with E-state index in [-0.39, 0.29) is 0 Å². The van der Waals surface area contributed by atoms with Gasteiger partial charge in [0.05, 0.1) is 0 Å². The van der Waals surface area contributed by atoms with Crippen LogP contribution in [0.5, 0.6) is 0 Å². The molecule has 0 radical (unpaired) electrons. The van der Waals surface area contributed by atoms with Crippen LogP contribution in [0, 0.1) is 6.92 Å². The minimum Gasteiger partial charge on any atom is -0.372 e. The number of anilines is 1. The van der Waals surface area contributed by atoms with Gasteiger partial charge in [-0.3, -0.25) is 4.98 Å². The van der Waals surface area contributed by atoms with Gasteiger partial charge in [0.25, 0.3) is 0 Å². The second kappa shape index (κ2) is 5.85. The van der Waals surface area contributed by atoms with Crippen LogP contribution < -0.4 is 10.2 Å². The molecule has 0 amide bonds. The van der Waals surface area contributed by atoms with E-state index in [1.807, 2.05) is 20.2 Å². The lowest BCUT2D eigenvalue weighted by atomic mass is 10.1. The fourth-order valence-electron chi connectivity index (χ4n) is 1.74. The smallest absolute Gasteiger partial charge is 0.0445 e. The average molecular weight is 221 g/mol. The third-order valence-corrected chi connectivity index (χ3v) is 3.10. The van der Waals surface area contributed by atoms with Crippen molar-refractivity contribution in [2.24, 2.45) is 0 Å². The highest BCUT2D eigenvalue weighted by Crippen LogP contribution is 2.22. The zero-order valence-corrected chi connectivity index (χ0v) is 11.0. The van der Waals surface area contributed by atoms with E-state index in [0.29, 0.717) is 6.04 Å². The minimum absolute atomic E-state index is 0.553. The van der Waals surface area contributed by atoms with E-state index < -0.39 is 0 Å². The predicted octanol–water partition coefficient (Wildman–Crippen LogP) is 2.34. The summed E-state index contributed by atoms with van der Waals surface area (Å²) in [6.45, 7) is 7.37. The maximum atomic E-state index is 4.36. The summed E-state index contributed by atoms with van der Waals surface area (Å²) >= 11 is 0. The normalized spacial score (nSPS) is 12.6. The predicted molar refractivity (Wildman–Crippen MR) is 69.9 cm³/mol. The molecule has 1 atom stereocenters. The molecule has 16 heavy (non-hydrogen) atoms. The fourth-order valence-corrected chi connectivity index (χ4v) is 1.74. The van der Waals surface area contributed by atoms with Crippen LogP contribution >= 0.6 is 0 Å². The molecule has 0 bridgehead atoms. The molecule has 1 unspecified atom stereocenters. The molecule has 0 aliphatic rings. The first kappa shape index (κ1) is 13.0. The van der Waals surface area contributed by atoms with Gasteiger partial charge in [0.2, 0.25) is 0 Å². The van der Waals surface area contributed by atoms with Gasteiger partial charge in [-0.15, -0.1) is 0 Å². The average Bonchev–Trinajstić information content (AvgIpc) is 2.29. The van der Waals surface area contributed by atoms with Gasteiger partial charge in [0.15, 0.2) is 0 Å². The number of hydrogen-bond acceptors (Lipinski definition) is 3. The van der Waals surface area contributed by atoms with Crippen LogP contribution in [0.2, 0.25) is 0 Å². The number of aryl methyl sites for hydroxylation is 1. The molecule has 0 aromatic carbocycles. The van der Waals surface area contributed by atoms with E-state index in [9.17, 15) is 0 Å². The fraction of sp³-hybridized carbons (Fsp3) is 0.615. The van der Waals surface area contributed by atoms with Gasteiger partial charge in [0, 0.05) is 42.8 Å². The van der Waals surface area contributed by atoms with Gasteiger partial charge in [-0.05, 0) is 33.4 Å². The van der Waals surface area contributed by atoms with Crippen molar-refractivity contribution < 1.29 is 0 Å². The van der Waals surface area contributed by atoms with Crippen LogP contribution in [0.4, 0.5) is 5.69 Å². The molecule has 90 valence electrons. The molecular weight excluding hydrogens is 198 g/mol. The molecular formula is C13H23N3. The summed E-state index contributed by atoms with van der Waals surface area (Å²) in [6.07, 6.45) is 3.12. The van der Waals surface area contributed by atoms with Crippen LogP contribution in [-0.4, -0.2) is 25.1 Å². The Kier molecular flexibility index (Phi) is 4.74.